The molecule has 1 N–H and O–H groups in total. The largest absolute Gasteiger partial charge is 0.317 e. The number of hydrogen-bond donors (Lipinski definition) is 1. The Morgan fingerprint density at radius 2 is 1.76 bits per heavy atom. The van der Waals surface area contributed by atoms with E-state index < -0.39 is 10.0 Å². The molecule has 0 aromatic heterocycles. The van der Waals surface area contributed by atoms with Crippen LogP contribution < -0.4 is 5.32 Å². The van der Waals surface area contributed by atoms with Crippen molar-refractivity contribution in [2.45, 2.75) is 43.5 Å². The highest BCUT2D eigenvalue weighted by Gasteiger charge is 2.30. The molecular weight excluding hydrogens is 291 g/mol. The van der Waals surface area contributed by atoms with Crippen LogP contribution in [0.2, 0.25) is 0 Å². The number of halogens is 1. The van der Waals surface area contributed by atoms with E-state index in [0.29, 0.717) is 11.6 Å². The van der Waals surface area contributed by atoms with Gasteiger partial charge in [-0.1, -0.05) is 12.1 Å². The molecule has 0 unspecified atom stereocenters. The molecule has 0 saturated heterocycles. The normalized spacial score (nSPS) is 23.4. The average Bonchev–Trinajstić information content (AvgIpc) is 2.49. The summed E-state index contributed by atoms with van der Waals surface area (Å²) in [6, 6.07) is 6.21. The van der Waals surface area contributed by atoms with Crippen molar-refractivity contribution in [3.05, 3.63) is 35.6 Å². The van der Waals surface area contributed by atoms with Gasteiger partial charge in [0.15, 0.2) is 0 Å². The Morgan fingerprint density at radius 3 is 2.29 bits per heavy atom. The van der Waals surface area contributed by atoms with Crippen LogP contribution in [-0.2, 0) is 15.8 Å². The molecule has 1 fully saturated rings. The summed E-state index contributed by atoms with van der Waals surface area (Å²) in [6.07, 6.45) is 3.75. The van der Waals surface area contributed by atoms with E-state index in [9.17, 15) is 12.8 Å². The van der Waals surface area contributed by atoms with Crippen molar-refractivity contribution in [1.29, 1.82) is 0 Å². The van der Waals surface area contributed by atoms with Crippen molar-refractivity contribution in [2.75, 3.05) is 14.1 Å². The maximum Gasteiger partial charge on any atom is 0.218 e. The van der Waals surface area contributed by atoms with E-state index in [2.05, 4.69) is 5.32 Å². The van der Waals surface area contributed by atoms with Crippen molar-refractivity contribution in [3.63, 3.8) is 0 Å². The first kappa shape index (κ1) is 16.4. The van der Waals surface area contributed by atoms with Crippen LogP contribution in [0.5, 0.6) is 0 Å². The Hall–Kier alpha value is -0.980. The smallest absolute Gasteiger partial charge is 0.218 e. The van der Waals surface area contributed by atoms with Gasteiger partial charge in [-0.05, 0) is 50.4 Å². The lowest BCUT2D eigenvalue weighted by molar-refractivity contribution is 0.255. The monoisotopic (exact) mass is 314 g/mol. The number of sulfonamides is 1. The van der Waals surface area contributed by atoms with Crippen LogP contribution in [0.4, 0.5) is 4.39 Å². The van der Waals surface area contributed by atoms with Gasteiger partial charge in [0.2, 0.25) is 10.0 Å². The first-order valence-corrected chi connectivity index (χ1v) is 8.90. The van der Waals surface area contributed by atoms with Gasteiger partial charge in [-0.3, -0.25) is 0 Å². The molecule has 0 radical (unpaired) electrons. The van der Waals surface area contributed by atoms with Crippen molar-refractivity contribution < 1.29 is 12.8 Å². The fraction of sp³-hybridized carbons (Fsp3) is 0.600. The minimum atomic E-state index is -3.36. The molecule has 1 aromatic carbocycles. The summed E-state index contributed by atoms with van der Waals surface area (Å²) in [5, 5.41) is 3.24. The Balaban J connectivity index is 2.00. The second-order valence-corrected chi connectivity index (χ2v) is 7.72. The molecule has 1 aliphatic carbocycles. The van der Waals surface area contributed by atoms with Gasteiger partial charge in [0, 0.05) is 19.1 Å². The van der Waals surface area contributed by atoms with E-state index in [1.54, 1.807) is 7.05 Å². The zero-order chi connectivity index (χ0) is 15.5. The van der Waals surface area contributed by atoms with Crippen LogP contribution in [0.15, 0.2) is 24.3 Å². The molecule has 21 heavy (non-hydrogen) atoms. The Kier molecular flexibility index (Phi) is 5.35. The first-order valence-electron chi connectivity index (χ1n) is 7.30. The third-order valence-electron chi connectivity index (χ3n) is 4.32. The van der Waals surface area contributed by atoms with Crippen LogP contribution in [0.3, 0.4) is 0 Å². The number of rotatable bonds is 5. The van der Waals surface area contributed by atoms with Gasteiger partial charge in [0.1, 0.15) is 5.82 Å². The number of nitrogens with zero attached hydrogens (tertiary/aromatic N) is 1. The standard InChI is InChI=1S/C15H23FN2O2S/c1-17-14-7-9-15(10-8-14)18(2)21(19,20)11-12-3-5-13(16)6-4-12/h3-6,14-15,17H,7-11H2,1-2H3. The second-order valence-electron chi connectivity index (χ2n) is 5.69. The molecule has 0 bridgehead atoms. The molecule has 4 nitrogen and oxygen atoms in total. The quantitative estimate of drug-likeness (QED) is 0.905. The van der Waals surface area contributed by atoms with Crippen LogP contribution in [0, 0.1) is 5.82 Å². The molecule has 0 spiro atoms. The van der Waals surface area contributed by atoms with Crippen LogP contribution in [-0.4, -0.2) is 38.9 Å². The topological polar surface area (TPSA) is 49.4 Å². The predicted octanol–water partition coefficient (Wildman–Crippen LogP) is 2.12. The molecule has 1 aromatic rings. The maximum atomic E-state index is 12.9. The Morgan fingerprint density at radius 1 is 1.19 bits per heavy atom. The van der Waals surface area contributed by atoms with Gasteiger partial charge in [-0.25, -0.2) is 17.1 Å². The third-order valence-corrected chi connectivity index (χ3v) is 6.19. The minimum Gasteiger partial charge on any atom is -0.317 e. The predicted molar refractivity (Wildman–Crippen MR) is 81.9 cm³/mol. The van der Waals surface area contributed by atoms with Gasteiger partial charge in [-0.15, -0.1) is 0 Å². The molecule has 2 rings (SSSR count). The van der Waals surface area contributed by atoms with E-state index in [1.165, 1.54) is 28.6 Å². The van der Waals surface area contributed by atoms with E-state index in [0.717, 1.165) is 25.7 Å². The highest BCUT2D eigenvalue weighted by atomic mass is 32.2. The van der Waals surface area contributed by atoms with Crippen LogP contribution in [0.25, 0.3) is 0 Å². The lowest BCUT2D eigenvalue weighted by Gasteiger charge is -2.33. The molecule has 0 amide bonds. The Bertz CT molecular complexity index is 552. The molecule has 1 saturated carbocycles. The zero-order valence-corrected chi connectivity index (χ0v) is 13.4. The van der Waals surface area contributed by atoms with E-state index in [1.807, 2.05) is 7.05 Å². The van der Waals surface area contributed by atoms with Crippen LogP contribution >= 0.6 is 0 Å². The van der Waals surface area contributed by atoms with E-state index in [-0.39, 0.29) is 17.6 Å². The van der Waals surface area contributed by atoms with E-state index >= 15 is 0 Å². The Labute approximate surface area is 126 Å². The number of hydrogen-bond acceptors (Lipinski definition) is 3. The third kappa shape index (κ3) is 4.25. The summed E-state index contributed by atoms with van der Waals surface area (Å²) in [4.78, 5) is 0. The maximum absolute atomic E-state index is 12.9. The molecule has 0 heterocycles. The van der Waals surface area contributed by atoms with E-state index in [4.69, 9.17) is 0 Å². The summed E-state index contributed by atoms with van der Waals surface area (Å²) >= 11 is 0. The molecule has 0 atom stereocenters. The fourth-order valence-corrected chi connectivity index (χ4v) is 4.33. The molecular formula is C15H23FN2O2S. The summed E-state index contributed by atoms with van der Waals surface area (Å²) < 4.78 is 39.3. The lowest BCUT2D eigenvalue weighted by atomic mass is 9.91. The van der Waals surface area contributed by atoms with Crippen molar-refractivity contribution in [2.24, 2.45) is 0 Å². The van der Waals surface area contributed by atoms with Gasteiger partial charge in [0.25, 0.3) is 0 Å². The molecule has 6 heteroatoms. The molecule has 1 aliphatic rings. The summed E-state index contributed by atoms with van der Waals surface area (Å²) in [5.74, 6) is -0.426. The highest BCUT2D eigenvalue weighted by Crippen LogP contribution is 2.25. The second kappa shape index (κ2) is 6.85. The van der Waals surface area contributed by atoms with Gasteiger partial charge < -0.3 is 5.32 Å². The van der Waals surface area contributed by atoms with Crippen molar-refractivity contribution in [1.82, 2.24) is 9.62 Å². The summed E-state index contributed by atoms with van der Waals surface area (Å²) in [6.45, 7) is 0. The summed E-state index contributed by atoms with van der Waals surface area (Å²) in [7, 11) is 0.241. The number of nitrogens with one attached hydrogen (secondary N) is 1. The number of benzene rings is 1. The van der Waals surface area contributed by atoms with Gasteiger partial charge >= 0.3 is 0 Å². The van der Waals surface area contributed by atoms with Gasteiger partial charge in [0.05, 0.1) is 5.75 Å². The fourth-order valence-electron chi connectivity index (χ4n) is 2.85. The molecule has 118 valence electrons. The van der Waals surface area contributed by atoms with Crippen LogP contribution in [0.1, 0.15) is 31.2 Å². The minimum absolute atomic E-state index is 0.0695. The summed E-state index contributed by atoms with van der Waals surface area (Å²) in [5.41, 5.74) is 0.618. The zero-order valence-electron chi connectivity index (χ0n) is 12.5. The average molecular weight is 314 g/mol. The van der Waals surface area contributed by atoms with Gasteiger partial charge in [-0.2, -0.15) is 0 Å². The highest BCUT2D eigenvalue weighted by molar-refractivity contribution is 7.88. The van der Waals surface area contributed by atoms with Crippen molar-refractivity contribution >= 4 is 10.0 Å². The lowest BCUT2D eigenvalue weighted by Crippen LogP contribution is -2.42. The van der Waals surface area contributed by atoms with Crippen molar-refractivity contribution in [3.8, 4) is 0 Å². The SMILES string of the molecule is CNC1CCC(N(C)S(=O)(=O)Cc2ccc(F)cc2)CC1. The first-order chi connectivity index (χ1) is 9.92. The molecule has 0 aliphatic heterocycles.